The molecular weight excluding hydrogens is 244 g/mol. The second-order valence-electron chi connectivity index (χ2n) is 2.71. The molecule has 0 unspecified atom stereocenters. The third-order valence-electron chi connectivity index (χ3n) is 1.46. The number of carbonyl (C=O) groups excluding carboxylic acids is 2. The lowest BCUT2D eigenvalue weighted by Gasteiger charge is -1.93. The number of nitrogens with two attached hydrogens (primary N) is 2. The number of nitrogens with zero attached hydrogens (tertiary/aromatic N) is 2. The van der Waals surface area contributed by atoms with Crippen molar-refractivity contribution in [1.82, 2.24) is 10.9 Å². The average molecular weight is 254 g/mol. The van der Waals surface area contributed by atoms with Crippen LogP contribution in [0.5, 0.6) is 0 Å². The molecule has 0 spiro atoms. The van der Waals surface area contributed by atoms with Gasteiger partial charge in [-0.3, -0.25) is 0 Å². The molecule has 0 aromatic carbocycles. The molecule has 0 aliphatic carbocycles. The molecule has 8 nitrogen and oxygen atoms in total. The van der Waals surface area contributed by atoms with Crippen molar-refractivity contribution in [2.45, 2.75) is 0 Å². The quantitative estimate of drug-likeness (QED) is 0.435. The van der Waals surface area contributed by atoms with Crippen LogP contribution >= 0.6 is 11.3 Å². The lowest BCUT2D eigenvalue weighted by molar-refractivity contribution is 0.248. The van der Waals surface area contributed by atoms with Crippen LogP contribution in [0.1, 0.15) is 10.4 Å². The highest BCUT2D eigenvalue weighted by Gasteiger charge is 1.99. The number of hydrogen-bond donors (Lipinski definition) is 4. The molecule has 1 rings (SSSR count). The van der Waals surface area contributed by atoms with E-state index in [1.165, 1.54) is 23.8 Å². The van der Waals surface area contributed by atoms with Crippen molar-refractivity contribution in [2.24, 2.45) is 21.7 Å². The van der Waals surface area contributed by atoms with E-state index in [9.17, 15) is 9.59 Å². The van der Waals surface area contributed by atoms with Crippen molar-refractivity contribution in [3.05, 3.63) is 21.9 Å². The first-order chi connectivity index (χ1) is 8.09. The number of amides is 4. The first-order valence-electron chi connectivity index (χ1n) is 4.34. The van der Waals surface area contributed by atoms with E-state index in [0.29, 0.717) is 0 Å². The van der Waals surface area contributed by atoms with Gasteiger partial charge in [-0.15, -0.1) is 11.3 Å². The van der Waals surface area contributed by atoms with Gasteiger partial charge in [0.05, 0.1) is 17.3 Å². The minimum Gasteiger partial charge on any atom is -0.350 e. The fraction of sp³-hybridized carbons (Fsp3) is 0. The number of nitrogens with one attached hydrogen (secondary N) is 2. The Kier molecular flexibility index (Phi) is 4.63. The van der Waals surface area contributed by atoms with E-state index >= 15 is 0 Å². The SMILES string of the molecule is NC(=O)N/N=C/c1ccsc1/C=N/NC(N)=O. The largest absolute Gasteiger partial charge is 0.350 e. The maximum atomic E-state index is 10.4. The van der Waals surface area contributed by atoms with Gasteiger partial charge in [0.2, 0.25) is 0 Å². The zero-order chi connectivity index (χ0) is 12.7. The summed E-state index contributed by atoms with van der Waals surface area (Å²) in [6.45, 7) is 0. The van der Waals surface area contributed by atoms with Crippen LogP contribution in [0.25, 0.3) is 0 Å². The number of hydrazone groups is 2. The lowest BCUT2D eigenvalue weighted by Crippen LogP contribution is -2.24. The fourth-order valence-corrected chi connectivity index (χ4v) is 1.59. The molecule has 0 radical (unpaired) electrons. The Morgan fingerprint density at radius 3 is 2.35 bits per heavy atom. The Morgan fingerprint density at radius 1 is 1.18 bits per heavy atom. The Hall–Kier alpha value is -2.42. The van der Waals surface area contributed by atoms with Gasteiger partial charge in [0, 0.05) is 5.56 Å². The van der Waals surface area contributed by atoms with Crippen LogP contribution in [0, 0.1) is 0 Å². The fourth-order valence-electron chi connectivity index (χ4n) is 0.862. The number of primary amides is 2. The van der Waals surface area contributed by atoms with Crippen LogP contribution in [0.3, 0.4) is 0 Å². The van der Waals surface area contributed by atoms with Crippen LogP contribution in [-0.2, 0) is 0 Å². The summed E-state index contributed by atoms with van der Waals surface area (Å²) >= 11 is 1.38. The van der Waals surface area contributed by atoms with E-state index in [1.54, 1.807) is 11.4 Å². The Morgan fingerprint density at radius 2 is 1.76 bits per heavy atom. The minimum atomic E-state index is -0.748. The number of hydrogen-bond acceptors (Lipinski definition) is 5. The summed E-state index contributed by atoms with van der Waals surface area (Å²) in [5, 5.41) is 9.01. The molecule has 1 aromatic heterocycles. The topological polar surface area (TPSA) is 135 Å². The van der Waals surface area contributed by atoms with Gasteiger partial charge in [0.25, 0.3) is 0 Å². The van der Waals surface area contributed by atoms with Crippen LogP contribution in [0.15, 0.2) is 21.6 Å². The Balaban J connectivity index is 2.65. The minimum absolute atomic E-state index is 0.721. The monoisotopic (exact) mass is 254 g/mol. The predicted molar refractivity (Wildman–Crippen MR) is 64.9 cm³/mol. The normalized spacial score (nSPS) is 10.8. The van der Waals surface area contributed by atoms with E-state index in [0.717, 1.165) is 10.4 Å². The van der Waals surface area contributed by atoms with Crippen LogP contribution < -0.4 is 22.3 Å². The van der Waals surface area contributed by atoms with Gasteiger partial charge in [-0.2, -0.15) is 10.2 Å². The van der Waals surface area contributed by atoms with Crippen molar-refractivity contribution >= 4 is 35.8 Å². The molecule has 0 fully saturated rings. The highest BCUT2D eigenvalue weighted by atomic mass is 32.1. The molecule has 0 atom stereocenters. The molecule has 0 aliphatic heterocycles. The second-order valence-corrected chi connectivity index (χ2v) is 3.66. The molecule has 0 saturated heterocycles. The summed E-state index contributed by atoms with van der Waals surface area (Å²) in [7, 11) is 0. The molecule has 0 saturated carbocycles. The molecule has 1 aromatic rings. The third-order valence-corrected chi connectivity index (χ3v) is 2.33. The van der Waals surface area contributed by atoms with Gasteiger partial charge in [0.15, 0.2) is 0 Å². The Bertz CT molecular complexity index is 426. The zero-order valence-electron chi connectivity index (χ0n) is 8.58. The molecule has 6 N–H and O–H groups in total. The lowest BCUT2D eigenvalue weighted by atomic mass is 10.3. The van der Waals surface area contributed by atoms with Crippen molar-refractivity contribution in [1.29, 1.82) is 0 Å². The number of urea groups is 2. The predicted octanol–water partition coefficient (Wildman–Crippen LogP) is -0.248. The standard InChI is InChI=1S/C8H10N6O2S/c9-7(15)13-11-3-5-1-2-17-6(5)4-12-14-8(10)16/h1-4H,(H3,9,13,15)(H3,10,14,16)/b11-3+,12-4+. The van der Waals surface area contributed by atoms with Gasteiger partial charge in [-0.25, -0.2) is 20.4 Å². The molecule has 0 aliphatic rings. The maximum absolute atomic E-state index is 10.4. The van der Waals surface area contributed by atoms with Gasteiger partial charge >= 0.3 is 12.1 Å². The Labute approximate surface area is 100 Å². The summed E-state index contributed by atoms with van der Waals surface area (Å²) in [5.41, 5.74) is 14.5. The molecule has 90 valence electrons. The number of carbonyl (C=O) groups is 2. The van der Waals surface area contributed by atoms with Gasteiger partial charge in [-0.1, -0.05) is 0 Å². The van der Waals surface area contributed by atoms with Crippen LogP contribution in [0.4, 0.5) is 9.59 Å². The summed E-state index contributed by atoms with van der Waals surface area (Å²) in [6.07, 6.45) is 2.83. The summed E-state index contributed by atoms with van der Waals surface area (Å²) < 4.78 is 0. The maximum Gasteiger partial charge on any atom is 0.332 e. The average Bonchev–Trinajstić information content (AvgIpc) is 2.65. The highest BCUT2D eigenvalue weighted by molar-refractivity contribution is 7.12. The third kappa shape index (κ3) is 4.75. The summed E-state index contributed by atoms with van der Waals surface area (Å²) in [5.74, 6) is 0. The smallest absolute Gasteiger partial charge is 0.332 e. The van der Waals surface area contributed by atoms with E-state index in [1.807, 2.05) is 0 Å². The number of thiophene rings is 1. The molecular formula is C8H10N6O2S. The van der Waals surface area contributed by atoms with Crippen molar-refractivity contribution in [3.8, 4) is 0 Å². The molecule has 9 heteroatoms. The molecule has 1 heterocycles. The van der Waals surface area contributed by atoms with Crippen LogP contribution in [-0.4, -0.2) is 24.5 Å². The van der Waals surface area contributed by atoms with Crippen molar-refractivity contribution in [3.63, 3.8) is 0 Å². The second kappa shape index (κ2) is 6.23. The first-order valence-corrected chi connectivity index (χ1v) is 5.22. The summed E-state index contributed by atoms with van der Waals surface area (Å²) in [6, 6.07) is 0.271. The highest BCUT2D eigenvalue weighted by Crippen LogP contribution is 2.11. The van der Waals surface area contributed by atoms with Crippen molar-refractivity contribution in [2.75, 3.05) is 0 Å². The molecule has 17 heavy (non-hydrogen) atoms. The molecule has 4 amide bonds. The van der Waals surface area contributed by atoms with E-state index < -0.39 is 12.1 Å². The van der Waals surface area contributed by atoms with Gasteiger partial charge in [0.1, 0.15) is 0 Å². The zero-order valence-corrected chi connectivity index (χ0v) is 9.40. The molecule has 0 bridgehead atoms. The summed E-state index contributed by atoms with van der Waals surface area (Å²) in [4.78, 5) is 21.5. The van der Waals surface area contributed by atoms with E-state index in [-0.39, 0.29) is 0 Å². The van der Waals surface area contributed by atoms with Gasteiger partial charge in [-0.05, 0) is 11.4 Å². The van der Waals surface area contributed by atoms with Crippen LogP contribution in [0.2, 0.25) is 0 Å². The first kappa shape index (κ1) is 12.6. The van der Waals surface area contributed by atoms with Gasteiger partial charge < -0.3 is 11.5 Å². The number of rotatable bonds is 4. The van der Waals surface area contributed by atoms with E-state index in [2.05, 4.69) is 21.1 Å². The van der Waals surface area contributed by atoms with E-state index in [4.69, 9.17) is 11.5 Å². The van der Waals surface area contributed by atoms with Crippen molar-refractivity contribution < 1.29 is 9.59 Å².